The van der Waals surface area contributed by atoms with Gasteiger partial charge in [0.1, 0.15) is 17.6 Å². The van der Waals surface area contributed by atoms with Crippen molar-refractivity contribution < 1.29 is 14.6 Å². The van der Waals surface area contributed by atoms with E-state index in [0.717, 1.165) is 43.2 Å². The highest BCUT2D eigenvalue weighted by atomic mass is 16.5. The molecule has 2 unspecified atom stereocenters. The minimum atomic E-state index is -0.858. The van der Waals surface area contributed by atoms with Gasteiger partial charge in [-0.05, 0) is 69.2 Å². The molecule has 0 bridgehead atoms. The average molecular weight is 359 g/mol. The average Bonchev–Trinajstić information content (AvgIpc) is 3.02. The molecule has 6 nitrogen and oxygen atoms in total. The van der Waals surface area contributed by atoms with Gasteiger partial charge >= 0.3 is 0 Å². The fraction of sp³-hybridized carbons (Fsp3) is 0.650. The molecule has 4 rings (SSSR count). The first-order valence-corrected chi connectivity index (χ1v) is 9.56. The van der Waals surface area contributed by atoms with Gasteiger partial charge in [0, 0.05) is 18.6 Å². The predicted molar refractivity (Wildman–Crippen MR) is 98.3 cm³/mol. The first kappa shape index (κ1) is 17.8. The van der Waals surface area contributed by atoms with Crippen molar-refractivity contribution >= 4 is 5.91 Å². The molecule has 2 atom stereocenters. The second-order valence-electron chi connectivity index (χ2n) is 8.38. The van der Waals surface area contributed by atoms with Gasteiger partial charge in [-0.1, -0.05) is 6.07 Å². The molecule has 1 saturated heterocycles. The highest BCUT2D eigenvalue weighted by Gasteiger charge is 2.67. The lowest BCUT2D eigenvalue weighted by molar-refractivity contribution is -0.141. The standard InChI is InChI=1S/C20H29N3O3/c1-12(2)23-17(25)20(22-18(23)21)16-10-14(24)5-4-13(16)11-19(20)8-6-15(26-3)7-9-19/h4-5,10,12,15,18,22,24H,6-9,11,21H2,1-3H3/t15-,18?,19-,20?. The van der Waals surface area contributed by atoms with Crippen LogP contribution in [0.25, 0.3) is 0 Å². The van der Waals surface area contributed by atoms with E-state index in [2.05, 4.69) is 5.32 Å². The molecule has 6 heteroatoms. The Balaban J connectivity index is 1.85. The van der Waals surface area contributed by atoms with Crippen LogP contribution in [0.5, 0.6) is 5.75 Å². The number of fused-ring (bicyclic) bond motifs is 3. The monoisotopic (exact) mass is 359 g/mol. The van der Waals surface area contributed by atoms with Crippen LogP contribution in [0, 0.1) is 5.41 Å². The van der Waals surface area contributed by atoms with E-state index in [-0.39, 0.29) is 29.2 Å². The summed E-state index contributed by atoms with van der Waals surface area (Å²) in [6.07, 6.45) is 4.23. The normalized spacial score (nSPS) is 36.5. The predicted octanol–water partition coefficient (Wildman–Crippen LogP) is 1.80. The number of phenolic OH excluding ortho intramolecular Hbond substituents is 1. The molecule has 3 aliphatic rings. The van der Waals surface area contributed by atoms with Crippen molar-refractivity contribution in [3.8, 4) is 5.75 Å². The van der Waals surface area contributed by atoms with Crippen molar-refractivity contribution in [3.63, 3.8) is 0 Å². The van der Waals surface area contributed by atoms with E-state index in [1.165, 1.54) is 0 Å². The van der Waals surface area contributed by atoms with E-state index in [1.807, 2.05) is 19.9 Å². The second-order valence-corrected chi connectivity index (χ2v) is 8.38. The van der Waals surface area contributed by atoms with Crippen LogP contribution in [0.3, 0.4) is 0 Å². The third kappa shape index (κ3) is 2.19. The number of benzene rings is 1. The fourth-order valence-corrected chi connectivity index (χ4v) is 5.58. The Kier molecular flexibility index (Phi) is 4.06. The molecule has 2 spiro atoms. The van der Waals surface area contributed by atoms with Gasteiger partial charge in [0.05, 0.1) is 6.10 Å². The molecular formula is C20H29N3O3. The van der Waals surface area contributed by atoms with Crippen molar-refractivity contribution in [1.82, 2.24) is 10.2 Å². The number of hydrogen-bond donors (Lipinski definition) is 3. The summed E-state index contributed by atoms with van der Waals surface area (Å²) >= 11 is 0. The molecule has 0 aromatic heterocycles. The molecule has 0 radical (unpaired) electrons. The van der Waals surface area contributed by atoms with Gasteiger partial charge in [-0.15, -0.1) is 0 Å². The van der Waals surface area contributed by atoms with Gasteiger partial charge in [0.2, 0.25) is 0 Å². The Morgan fingerprint density at radius 3 is 2.62 bits per heavy atom. The zero-order valence-electron chi connectivity index (χ0n) is 15.8. The minimum Gasteiger partial charge on any atom is -0.508 e. The summed E-state index contributed by atoms with van der Waals surface area (Å²) in [5.74, 6) is 0.233. The second kappa shape index (κ2) is 5.94. The Morgan fingerprint density at radius 2 is 2.04 bits per heavy atom. The number of nitrogens with zero attached hydrogens (tertiary/aromatic N) is 1. The maximum absolute atomic E-state index is 13.8. The Morgan fingerprint density at radius 1 is 1.35 bits per heavy atom. The molecule has 1 heterocycles. The number of carbonyl (C=O) groups is 1. The lowest BCUT2D eigenvalue weighted by atomic mass is 9.61. The van der Waals surface area contributed by atoms with Gasteiger partial charge in [0.15, 0.2) is 0 Å². The summed E-state index contributed by atoms with van der Waals surface area (Å²) in [5.41, 5.74) is 7.32. The number of phenols is 1. The van der Waals surface area contributed by atoms with Crippen LogP contribution < -0.4 is 11.1 Å². The molecule has 2 fully saturated rings. The summed E-state index contributed by atoms with van der Waals surface area (Å²) in [7, 11) is 1.76. The first-order chi connectivity index (χ1) is 12.3. The highest BCUT2D eigenvalue weighted by molar-refractivity contribution is 5.93. The lowest BCUT2D eigenvalue weighted by Gasteiger charge is -2.46. The van der Waals surface area contributed by atoms with Crippen molar-refractivity contribution in [2.45, 2.75) is 69.9 Å². The molecule has 1 amide bonds. The minimum absolute atomic E-state index is 0.0121. The third-order valence-corrected chi connectivity index (χ3v) is 6.82. The Labute approximate surface area is 154 Å². The largest absolute Gasteiger partial charge is 0.508 e. The maximum Gasteiger partial charge on any atom is 0.250 e. The number of nitrogens with one attached hydrogen (secondary N) is 1. The SMILES string of the molecule is CO[C@H]1CC[C@]2(CC1)Cc1ccc(O)cc1C21NC(N)N(C(C)C)C1=O. The molecule has 1 aromatic carbocycles. The van der Waals surface area contributed by atoms with E-state index in [4.69, 9.17) is 10.5 Å². The Hall–Kier alpha value is -1.63. The van der Waals surface area contributed by atoms with E-state index in [0.29, 0.717) is 0 Å². The van der Waals surface area contributed by atoms with Crippen LogP contribution in [0.15, 0.2) is 18.2 Å². The van der Waals surface area contributed by atoms with E-state index in [9.17, 15) is 9.90 Å². The summed E-state index contributed by atoms with van der Waals surface area (Å²) < 4.78 is 5.57. The van der Waals surface area contributed by atoms with Crippen LogP contribution in [0.4, 0.5) is 0 Å². The van der Waals surface area contributed by atoms with E-state index in [1.54, 1.807) is 24.1 Å². The number of nitrogens with two attached hydrogens (primary N) is 1. The van der Waals surface area contributed by atoms with E-state index < -0.39 is 11.8 Å². The number of methoxy groups -OCH3 is 1. The Bertz CT molecular complexity index is 727. The van der Waals surface area contributed by atoms with Crippen molar-refractivity contribution in [3.05, 3.63) is 29.3 Å². The van der Waals surface area contributed by atoms with Gasteiger partial charge in [-0.3, -0.25) is 15.8 Å². The maximum atomic E-state index is 13.8. The van der Waals surface area contributed by atoms with Crippen LogP contribution in [-0.4, -0.2) is 41.5 Å². The quantitative estimate of drug-likeness (QED) is 0.749. The van der Waals surface area contributed by atoms with Crippen molar-refractivity contribution in [2.75, 3.05) is 7.11 Å². The zero-order chi connectivity index (χ0) is 18.7. The smallest absolute Gasteiger partial charge is 0.250 e. The molecule has 1 aliphatic heterocycles. The third-order valence-electron chi connectivity index (χ3n) is 6.82. The summed E-state index contributed by atoms with van der Waals surface area (Å²) in [4.78, 5) is 15.5. The summed E-state index contributed by atoms with van der Waals surface area (Å²) in [5, 5.41) is 13.6. The molecule has 1 saturated carbocycles. The molecule has 4 N–H and O–H groups in total. The number of amides is 1. The molecule has 1 aromatic rings. The number of ether oxygens (including phenoxy) is 1. The summed E-state index contributed by atoms with van der Waals surface area (Å²) in [6.45, 7) is 3.98. The van der Waals surface area contributed by atoms with E-state index >= 15 is 0 Å². The van der Waals surface area contributed by atoms with Gasteiger partial charge in [-0.25, -0.2) is 0 Å². The van der Waals surface area contributed by atoms with Gasteiger partial charge < -0.3 is 14.7 Å². The van der Waals surface area contributed by atoms with Crippen molar-refractivity contribution in [1.29, 1.82) is 0 Å². The topological polar surface area (TPSA) is 87.8 Å². The molecule has 26 heavy (non-hydrogen) atoms. The fourth-order valence-electron chi connectivity index (χ4n) is 5.58. The molecule has 2 aliphatic carbocycles. The molecule has 142 valence electrons. The number of rotatable bonds is 2. The van der Waals surface area contributed by atoms with Gasteiger partial charge in [-0.2, -0.15) is 0 Å². The lowest BCUT2D eigenvalue weighted by Crippen LogP contribution is -2.57. The number of hydrogen-bond acceptors (Lipinski definition) is 5. The number of aromatic hydroxyl groups is 1. The van der Waals surface area contributed by atoms with Crippen LogP contribution >= 0.6 is 0 Å². The first-order valence-electron chi connectivity index (χ1n) is 9.56. The van der Waals surface area contributed by atoms with Crippen LogP contribution in [0.1, 0.15) is 50.7 Å². The van der Waals surface area contributed by atoms with Crippen LogP contribution in [0.2, 0.25) is 0 Å². The number of carbonyl (C=O) groups excluding carboxylic acids is 1. The van der Waals surface area contributed by atoms with Crippen molar-refractivity contribution in [2.24, 2.45) is 11.1 Å². The zero-order valence-corrected chi connectivity index (χ0v) is 15.8. The summed E-state index contributed by atoms with van der Waals surface area (Å²) in [6, 6.07) is 5.44. The highest BCUT2D eigenvalue weighted by Crippen LogP contribution is 2.60. The molecular weight excluding hydrogens is 330 g/mol. The van der Waals surface area contributed by atoms with Crippen LogP contribution in [-0.2, 0) is 21.5 Å². The van der Waals surface area contributed by atoms with Gasteiger partial charge in [0.25, 0.3) is 5.91 Å².